The van der Waals surface area contributed by atoms with E-state index >= 15 is 0 Å². The number of hydrogen-bond donors (Lipinski definition) is 3. The number of H-pyrrole nitrogens is 1. The van der Waals surface area contributed by atoms with Crippen LogP contribution in [-0.4, -0.2) is 158 Å². The Bertz CT molecular complexity index is 3090. The number of carbonyl (C=O) groups excluding carboxylic acids is 5. The average Bonchev–Trinajstić information content (AvgIpc) is 1.66. The number of piperidine rings is 2. The molecular weight excluding hydrogens is 6230 g/mol. The zero-order chi connectivity index (χ0) is 77.0. The van der Waals surface area contributed by atoms with Gasteiger partial charge in [0.05, 0.1) is 13.1 Å². The summed E-state index contributed by atoms with van der Waals surface area (Å²) in [5.41, 5.74) is 2.90. The summed E-state index contributed by atoms with van der Waals surface area (Å²) < 4.78 is 10.8. The maximum atomic E-state index is 13.1. The average molecular weight is 6280 g/mol. The molecule has 7 amide bonds. The molecule has 0 spiro atoms. The first-order valence-corrected chi connectivity index (χ1v) is 284. The summed E-state index contributed by atoms with van der Waals surface area (Å²) in [7, 11) is -4.39. The van der Waals surface area contributed by atoms with Gasteiger partial charge in [0.15, 0.2) is 5.82 Å². The van der Waals surface area contributed by atoms with Gasteiger partial charge in [0, 0.05) is 70.0 Å². The number of anilines is 1. The van der Waals surface area contributed by atoms with Crippen LogP contribution in [0, 0.1) is 0 Å². The fourth-order valence-electron chi connectivity index (χ4n) is 8.71. The number of ether oxygens (including phenoxy) is 2. The normalized spacial score (nSPS) is 19.8. The fourth-order valence-corrected chi connectivity index (χ4v) is 6500. The zero-order valence-corrected chi connectivity index (χ0v) is 143. The van der Waals surface area contributed by atoms with E-state index in [0.29, 0.717) is 83.4 Å². The van der Waals surface area contributed by atoms with E-state index in [1.54, 1.807) is 33.7 Å². The third-order valence-electron chi connectivity index (χ3n) is 13.2. The van der Waals surface area contributed by atoms with E-state index in [1.807, 2.05) is 66.7 Å². The van der Waals surface area contributed by atoms with E-state index in [2.05, 4.69) is 444 Å². The minimum atomic E-state index is -0.993. The Kier molecular flexibility index (Phi) is 75.0. The number of carboxylic acids is 1. The van der Waals surface area contributed by atoms with Gasteiger partial charge < -0.3 is 49.3 Å². The van der Waals surface area contributed by atoms with Gasteiger partial charge in [-0.1, -0.05) is 60.7 Å². The van der Waals surface area contributed by atoms with Gasteiger partial charge in [-0.05, 0) is 49.7 Å². The third-order valence-corrected chi connectivity index (χ3v) is 2900. The van der Waals surface area contributed by atoms with Crippen molar-refractivity contribution in [2.75, 3.05) is 58.7 Å². The van der Waals surface area contributed by atoms with E-state index < -0.39 is 136 Å². The van der Waals surface area contributed by atoms with Gasteiger partial charge in [0.2, 0.25) is 5.91 Å². The number of hydrogen-bond acceptors (Lipinski definition) is 9. The van der Waals surface area contributed by atoms with Crippen LogP contribution in [-0.2, 0) is 32.3 Å². The number of halogens is 43. The number of aromatic amines is 1. The molecule has 4 saturated heterocycles. The van der Waals surface area contributed by atoms with Crippen LogP contribution in [0.25, 0.3) is 0 Å². The summed E-state index contributed by atoms with van der Waals surface area (Å²) in [4.78, 5) is 83.8. The molecule has 5 aliphatic rings. The number of carbonyl (C=O) groups is 6. The maximum absolute atomic E-state index is 13.1. The van der Waals surface area contributed by atoms with E-state index in [9.17, 15) is 33.9 Å². The van der Waals surface area contributed by atoms with Gasteiger partial charge in [-0.25, -0.2) is 24.0 Å². The molecule has 8 rings (SSSR count). The second kappa shape index (κ2) is 65.1. The molecule has 2 aromatic carbocycles. The van der Waals surface area contributed by atoms with Gasteiger partial charge >= 0.3 is 622 Å². The molecule has 5 heterocycles. The van der Waals surface area contributed by atoms with Crippen LogP contribution in [0.15, 0.2) is 66.7 Å². The van der Waals surface area contributed by atoms with Gasteiger partial charge in [-0.2, -0.15) is 5.10 Å². The molecule has 0 unspecified atom stereocenters. The summed E-state index contributed by atoms with van der Waals surface area (Å²) in [5.74, 6) is -0.230. The number of benzene rings is 2. The number of likely N-dealkylation sites (tertiary alicyclic amines) is 2. The van der Waals surface area contributed by atoms with Crippen molar-refractivity contribution in [3.8, 4) is 0 Å². The Morgan fingerprint density at radius 1 is 0.495 bits per heavy atom. The van der Waals surface area contributed by atoms with Gasteiger partial charge in [-0.3, -0.25) is 9.89 Å². The third kappa shape index (κ3) is 42.2. The molecular formula is C42H53I43N9O9-. The summed E-state index contributed by atoms with van der Waals surface area (Å²) in [5, 5.41) is 19.4. The van der Waals surface area contributed by atoms with Crippen molar-refractivity contribution in [1.29, 1.82) is 0 Å². The van der Waals surface area contributed by atoms with E-state index in [-0.39, 0.29) is 93.6 Å². The van der Waals surface area contributed by atoms with Gasteiger partial charge in [0.25, 0.3) is 0 Å². The van der Waals surface area contributed by atoms with Crippen molar-refractivity contribution in [2.45, 2.75) is 81.8 Å². The molecule has 1 saturated carbocycles. The summed E-state index contributed by atoms with van der Waals surface area (Å²) in [6, 6.07) is 18.7. The molecule has 5 fully saturated rings. The molecule has 1 aromatic heterocycles. The number of urea groups is 2. The first kappa shape index (κ1) is 119. The Hall–Kier alpha value is 25.1. The number of nitrogens with one attached hydrogen (secondary N) is 2. The molecule has 18 nitrogen and oxygen atoms in total. The number of aliphatic carboxylic acids is 1. The standard InChI is InChI=1S/C24H30N6O4.C18H23N3O5.I22.I21/c1-28-14-20(22(31)25-21-13-19(26-27-21)17-7-8-17)30(23(28)32)18-9-11-29(12-10-18)24(33)34-15-16-5-3-2-4-6-16;1-19-11-15(16(22)23)21(17(19)24)14-7-9-20(10-8-14)18(25)26-12-13-5-3-2-4-6-13;1-13(2)15(5)17(7)19(9)21(11)22(12)20(10)18(8)16(6)14(3)4;1-12-14(4)16(6)18(8)20(10)21(11)19(9)17(7)15(5)13(2)3/h2-6,13,17-18,20H,7-12,14-15H2,1H3,(H2,25,26,27,31);2-6,14-15H,7-12H2,1H3,(H,22,23);;/q;;;-1/t20-;15-;;/m11../s1. The predicted octanol–water partition coefficient (Wildman–Crippen LogP) is 38.6. The summed E-state index contributed by atoms with van der Waals surface area (Å²) in [6.45, 7) is 2.80. The number of likely N-dealkylation sites (N-methyl/N-ethyl adjacent to an activating group) is 2. The fraction of sp³-hybridized carbons (Fsp3) is 0.500. The van der Waals surface area contributed by atoms with Crippen molar-refractivity contribution < 1.29 is 56.6 Å². The first-order valence-electron chi connectivity index (χ1n) is 26.4. The molecule has 103 heavy (non-hydrogen) atoms. The van der Waals surface area contributed by atoms with Crippen LogP contribution in [0.1, 0.15) is 61.3 Å². The topological polar surface area (TPSA) is 201 Å². The van der Waals surface area contributed by atoms with Gasteiger partial charge in [0.1, 0.15) is 25.3 Å². The minimum absolute atomic E-state index is 0.118. The van der Waals surface area contributed by atoms with Crippen LogP contribution in [0.2, 0.25) is 0 Å². The van der Waals surface area contributed by atoms with Crippen LogP contribution in [0.5, 0.6) is 0 Å². The Morgan fingerprint density at radius 2 is 0.816 bits per heavy atom. The number of rotatable bonds is 28. The van der Waals surface area contributed by atoms with Crippen LogP contribution < -0.4 is 18.6 Å². The first-order chi connectivity index (χ1) is 48.4. The van der Waals surface area contributed by atoms with Crippen molar-refractivity contribution in [1.82, 2.24) is 39.6 Å². The van der Waals surface area contributed by atoms with E-state index in [1.165, 1.54) is 9.80 Å². The number of carboxylic acid groups (broad SMARTS) is 1. The summed E-state index contributed by atoms with van der Waals surface area (Å²) >= 11 is 71.0. The van der Waals surface area contributed by atoms with Crippen molar-refractivity contribution in [3.05, 3.63) is 83.6 Å². The molecule has 0 bridgehead atoms. The van der Waals surface area contributed by atoms with Gasteiger partial charge in [-0.15, -0.1) is 0 Å². The molecule has 2 atom stereocenters. The Labute approximate surface area is 903 Å². The van der Waals surface area contributed by atoms with Crippen molar-refractivity contribution in [2.24, 2.45) is 0 Å². The second-order valence-electron chi connectivity index (χ2n) is 19.1. The molecule has 4 aliphatic heterocycles. The second-order valence-corrected chi connectivity index (χ2v) is 961. The van der Waals surface area contributed by atoms with Crippen molar-refractivity contribution >= 4 is 620 Å². The quantitative estimate of drug-likeness (QED) is 0.0587. The molecule has 0 radical (unpaired) electrons. The summed E-state index contributed by atoms with van der Waals surface area (Å²) in [6.07, 6.45) is 3.83. The molecule has 1 aliphatic carbocycles. The molecule has 622 valence electrons. The number of nitrogens with zero attached hydrogens (tertiary/aromatic N) is 7. The molecule has 3 N–H and O–H groups in total. The monoisotopic (exact) mass is 6280 g/mol. The Balaban J connectivity index is 0.000000253. The molecule has 61 heteroatoms. The van der Waals surface area contributed by atoms with Crippen molar-refractivity contribution in [3.63, 3.8) is 0 Å². The van der Waals surface area contributed by atoms with E-state index in [0.717, 1.165) is 29.7 Å². The predicted molar refractivity (Wildman–Crippen MR) is 805 cm³/mol. The number of aromatic nitrogens is 2. The SMILES string of the molecule is CN1C[C@H](C(=O)Nc2cc(C3CC3)[nH]n2)N(C2CCN(C(=O)OCc3ccccc3)CC2)C1=O.CN1C[C@H](C(=O)O)N(C2CCN(C(=O)OCc3ccccc3)CC2)C1=O.II(I)I(I)I(I)I(I)I(I)I(I)I(I)I(I)I(I)I(I)I.I[I-]I(I)I(I)I(I)I(I)I(I)I(I)I(I)I(I)I(I)I. The Morgan fingerprint density at radius 3 is 1.14 bits per heavy atom. The van der Waals surface area contributed by atoms with E-state index in [4.69, 9.17) is 9.47 Å². The molecule has 3 aromatic rings. The number of amides is 7. The zero-order valence-electron chi connectivity index (χ0n) is 50.2. The van der Waals surface area contributed by atoms with Crippen LogP contribution in [0.4, 0.5) is 25.0 Å². The van der Waals surface area contributed by atoms with Crippen LogP contribution in [0.3, 0.4) is 0 Å². The van der Waals surface area contributed by atoms with Crippen LogP contribution >= 0.6 is 578 Å².